The first-order valence-corrected chi connectivity index (χ1v) is 6.52. The molecule has 0 aromatic heterocycles. The second kappa shape index (κ2) is 4.45. The molecule has 3 rings (SSSR count). The molecule has 0 bridgehead atoms. The molecule has 1 amide bonds. The minimum atomic E-state index is 0.287. The Morgan fingerprint density at radius 3 is 2.72 bits per heavy atom. The average molecular weight is 239 g/mol. The molecule has 0 saturated carbocycles. The molecule has 1 aliphatic heterocycles. The maximum Gasteiger partial charge on any atom is 0.223 e. The number of benzene rings is 2. The Labute approximate surface area is 107 Å². The lowest BCUT2D eigenvalue weighted by atomic mass is 10.0. The lowest BCUT2D eigenvalue weighted by Gasteiger charge is -2.22. The van der Waals surface area contributed by atoms with E-state index in [-0.39, 0.29) is 5.91 Å². The largest absolute Gasteiger partial charge is 0.336 e. The average Bonchev–Trinajstić information content (AvgIpc) is 2.71. The molecule has 0 N–H and O–H groups in total. The molecule has 2 aromatic rings. The molecule has 1 heterocycles. The van der Waals surface area contributed by atoms with Crippen molar-refractivity contribution in [1.82, 2.24) is 4.90 Å². The number of carbonyl (C=O) groups excluding carboxylic acids is 1. The van der Waals surface area contributed by atoms with Gasteiger partial charge in [0.25, 0.3) is 0 Å². The van der Waals surface area contributed by atoms with E-state index in [0.29, 0.717) is 12.5 Å². The van der Waals surface area contributed by atoms with Crippen molar-refractivity contribution >= 4 is 16.7 Å². The highest BCUT2D eigenvalue weighted by atomic mass is 16.2. The van der Waals surface area contributed by atoms with E-state index in [4.69, 9.17) is 0 Å². The Hall–Kier alpha value is -1.83. The third kappa shape index (κ3) is 1.88. The summed E-state index contributed by atoms with van der Waals surface area (Å²) >= 11 is 0. The van der Waals surface area contributed by atoms with Gasteiger partial charge < -0.3 is 4.90 Å². The molecule has 2 nitrogen and oxygen atoms in total. The quantitative estimate of drug-likeness (QED) is 0.787. The van der Waals surface area contributed by atoms with E-state index < -0.39 is 0 Å². The first-order valence-electron chi connectivity index (χ1n) is 6.52. The third-order valence-corrected chi connectivity index (χ3v) is 3.85. The number of hydrogen-bond donors (Lipinski definition) is 0. The molecule has 2 heteroatoms. The number of hydrogen-bond acceptors (Lipinski definition) is 1. The number of likely N-dealkylation sites (tertiary alicyclic amines) is 1. The smallest absolute Gasteiger partial charge is 0.223 e. The van der Waals surface area contributed by atoms with Crippen LogP contribution in [0.3, 0.4) is 0 Å². The lowest BCUT2D eigenvalue weighted by molar-refractivity contribution is -0.129. The summed E-state index contributed by atoms with van der Waals surface area (Å²) in [5.74, 6) is 0.287. The monoisotopic (exact) mass is 239 g/mol. The summed E-state index contributed by atoms with van der Waals surface area (Å²) in [6.07, 6.45) is 1.69. The van der Waals surface area contributed by atoms with Crippen LogP contribution in [0.2, 0.25) is 0 Å². The molecule has 2 aromatic carbocycles. The molecule has 1 atom stereocenters. The van der Waals surface area contributed by atoms with E-state index in [9.17, 15) is 4.79 Å². The summed E-state index contributed by atoms with van der Waals surface area (Å²) in [7, 11) is 0. The molecule has 0 radical (unpaired) electrons. The van der Waals surface area contributed by atoms with Crippen LogP contribution in [-0.2, 0) is 11.3 Å². The minimum Gasteiger partial charge on any atom is -0.336 e. The Morgan fingerprint density at radius 1 is 1.17 bits per heavy atom. The first-order chi connectivity index (χ1) is 8.75. The topological polar surface area (TPSA) is 20.3 Å². The fourth-order valence-corrected chi connectivity index (χ4v) is 2.74. The van der Waals surface area contributed by atoms with Crippen molar-refractivity contribution in [1.29, 1.82) is 0 Å². The Bertz CT molecular complexity index is 585. The van der Waals surface area contributed by atoms with Crippen LogP contribution in [0.1, 0.15) is 25.3 Å². The zero-order valence-corrected chi connectivity index (χ0v) is 10.6. The predicted molar refractivity (Wildman–Crippen MR) is 73.2 cm³/mol. The van der Waals surface area contributed by atoms with Crippen LogP contribution in [0.25, 0.3) is 10.8 Å². The summed E-state index contributed by atoms with van der Waals surface area (Å²) in [4.78, 5) is 13.9. The summed E-state index contributed by atoms with van der Waals surface area (Å²) < 4.78 is 0. The van der Waals surface area contributed by atoms with Gasteiger partial charge in [0.2, 0.25) is 5.91 Å². The van der Waals surface area contributed by atoms with E-state index in [2.05, 4.69) is 49.4 Å². The maximum absolute atomic E-state index is 11.9. The Kier molecular flexibility index (Phi) is 2.78. The van der Waals surface area contributed by atoms with E-state index in [1.165, 1.54) is 16.3 Å². The molecule has 1 saturated heterocycles. The van der Waals surface area contributed by atoms with Gasteiger partial charge in [-0.15, -0.1) is 0 Å². The van der Waals surface area contributed by atoms with Gasteiger partial charge in [0, 0.05) is 19.0 Å². The normalized spacial score (nSPS) is 19.7. The molecular weight excluding hydrogens is 222 g/mol. The highest BCUT2D eigenvalue weighted by molar-refractivity contribution is 5.86. The molecule has 1 aliphatic rings. The van der Waals surface area contributed by atoms with Crippen LogP contribution in [0.5, 0.6) is 0 Å². The van der Waals surface area contributed by atoms with Crippen molar-refractivity contribution in [2.45, 2.75) is 32.4 Å². The van der Waals surface area contributed by atoms with Crippen molar-refractivity contribution in [3.05, 3.63) is 48.0 Å². The lowest BCUT2D eigenvalue weighted by Crippen LogP contribution is -2.30. The van der Waals surface area contributed by atoms with Crippen molar-refractivity contribution in [2.24, 2.45) is 0 Å². The van der Waals surface area contributed by atoms with Gasteiger partial charge in [-0.2, -0.15) is 0 Å². The Morgan fingerprint density at radius 2 is 1.94 bits per heavy atom. The van der Waals surface area contributed by atoms with Gasteiger partial charge in [0.1, 0.15) is 0 Å². The molecular formula is C16H17NO. The van der Waals surface area contributed by atoms with Crippen molar-refractivity contribution in [2.75, 3.05) is 0 Å². The van der Waals surface area contributed by atoms with Crippen LogP contribution in [0.15, 0.2) is 42.5 Å². The second-order valence-corrected chi connectivity index (χ2v) is 5.05. The van der Waals surface area contributed by atoms with Gasteiger partial charge in [-0.1, -0.05) is 42.5 Å². The summed E-state index contributed by atoms with van der Waals surface area (Å²) in [5, 5.41) is 2.50. The molecule has 18 heavy (non-hydrogen) atoms. The van der Waals surface area contributed by atoms with Crippen LogP contribution in [0, 0.1) is 0 Å². The fraction of sp³-hybridized carbons (Fsp3) is 0.312. The van der Waals surface area contributed by atoms with E-state index >= 15 is 0 Å². The van der Waals surface area contributed by atoms with Crippen LogP contribution < -0.4 is 0 Å². The van der Waals surface area contributed by atoms with E-state index in [0.717, 1.165) is 13.0 Å². The minimum absolute atomic E-state index is 0.287. The van der Waals surface area contributed by atoms with Gasteiger partial charge in [-0.05, 0) is 29.7 Å². The number of carbonyl (C=O) groups is 1. The molecule has 1 unspecified atom stereocenters. The van der Waals surface area contributed by atoms with Crippen molar-refractivity contribution in [3.63, 3.8) is 0 Å². The second-order valence-electron chi connectivity index (χ2n) is 5.05. The van der Waals surface area contributed by atoms with Crippen LogP contribution in [0.4, 0.5) is 0 Å². The number of nitrogens with zero attached hydrogens (tertiary/aromatic N) is 1. The standard InChI is InChI=1S/C16H17NO/c1-12-9-10-16(18)17(12)11-14-7-4-6-13-5-2-3-8-15(13)14/h2-8,12H,9-11H2,1H3. The highest BCUT2D eigenvalue weighted by Crippen LogP contribution is 2.25. The third-order valence-electron chi connectivity index (χ3n) is 3.85. The summed E-state index contributed by atoms with van der Waals surface area (Å²) in [6, 6.07) is 15.1. The van der Waals surface area contributed by atoms with E-state index in [1.807, 2.05) is 4.90 Å². The summed E-state index contributed by atoms with van der Waals surface area (Å²) in [6.45, 7) is 2.87. The van der Waals surface area contributed by atoms with Crippen molar-refractivity contribution < 1.29 is 4.79 Å². The fourth-order valence-electron chi connectivity index (χ4n) is 2.74. The van der Waals surface area contributed by atoms with Crippen molar-refractivity contribution in [3.8, 4) is 0 Å². The number of rotatable bonds is 2. The molecule has 92 valence electrons. The van der Waals surface area contributed by atoms with Gasteiger partial charge in [0.15, 0.2) is 0 Å². The zero-order chi connectivity index (χ0) is 12.5. The van der Waals surface area contributed by atoms with Crippen LogP contribution >= 0.6 is 0 Å². The molecule has 0 aliphatic carbocycles. The van der Waals surface area contributed by atoms with E-state index in [1.54, 1.807) is 0 Å². The first kappa shape index (κ1) is 11.3. The number of amides is 1. The number of fused-ring (bicyclic) bond motifs is 1. The van der Waals surface area contributed by atoms with Gasteiger partial charge >= 0.3 is 0 Å². The SMILES string of the molecule is CC1CCC(=O)N1Cc1cccc2ccccc12. The maximum atomic E-state index is 11.9. The molecule has 0 spiro atoms. The van der Waals surface area contributed by atoms with Crippen LogP contribution in [-0.4, -0.2) is 16.8 Å². The predicted octanol–water partition coefficient (Wildman–Crippen LogP) is 3.35. The highest BCUT2D eigenvalue weighted by Gasteiger charge is 2.27. The Balaban J connectivity index is 1.97. The molecule has 1 fully saturated rings. The van der Waals surface area contributed by atoms with Gasteiger partial charge in [-0.25, -0.2) is 0 Å². The van der Waals surface area contributed by atoms with Gasteiger partial charge in [-0.3, -0.25) is 4.79 Å². The zero-order valence-electron chi connectivity index (χ0n) is 10.6. The summed E-state index contributed by atoms with van der Waals surface area (Å²) in [5.41, 5.74) is 1.25. The van der Waals surface area contributed by atoms with Gasteiger partial charge in [0.05, 0.1) is 0 Å².